The van der Waals surface area contributed by atoms with E-state index < -0.39 is 35.6 Å². The number of nitrogens with zero attached hydrogens (tertiary/aromatic N) is 2. The van der Waals surface area contributed by atoms with Crippen molar-refractivity contribution in [2.45, 2.75) is 43.4 Å². The van der Waals surface area contributed by atoms with Crippen molar-refractivity contribution in [2.24, 2.45) is 11.5 Å². The van der Waals surface area contributed by atoms with Gasteiger partial charge in [0.25, 0.3) is 0 Å². The molecule has 7 nitrogen and oxygen atoms in total. The number of aromatic nitrogens is 2. The summed E-state index contributed by atoms with van der Waals surface area (Å²) in [5, 5.41) is 10.1. The smallest absolute Gasteiger partial charge is 0.187 e. The Balaban J connectivity index is 1.64. The number of halogens is 2. The summed E-state index contributed by atoms with van der Waals surface area (Å²) in [6, 6.07) is 7.15. The third-order valence-corrected chi connectivity index (χ3v) is 6.13. The molecule has 1 aliphatic carbocycles. The number of anilines is 1. The van der Waals surface area contributed by atoms with Crippen molar-refractivity contribution >= 4 is 11.5 Å². The Morgan fingerprint density at radius 3 is 2.39 bits per heavy atom. The van der Waals surface area contributed by atoms with Crippen LogP contribution in [0.25, 0.3) is 11.3 Å². The van der Waals surface area contributed by atoms with Crippen LogP contribution in [-0.4, -0.2) is 39.0 Å². The fraction of sp³-hybridized carbons (Fsp3) is 0.292. The zero-order chi connectivity index (χ0) is 23.7. The van der Waals surface area contributed by atoms with Crippen LogP contribution in [0, 0.1) is 11.6 Å². The molecule has 4 atom stereocenters. The van der Waals surface area contributed by atoms with Gasteiger partial charge in [-0.2, -0.15) is 0 Å². The Kier molecular flexibility index (Phi) is 6.46. The number of nitrogens with two attached hydrogens (primary N) is 3. The van der Waals surface area contributed by atoms with E-state index in [0.717, 1.165) is 17.7 Å². The van der Waals surface area contributed by atoms with Gasteiger partial charge in [-0.3, -0.25) is 9.78 Å². The zero-order valence-electron chi connectivity index (χ0n) is 17.8. The number of rotatable bonds is 5. The quantitative estimate of drug-likeness (QED) is 0.435. The molecule has 0 amide bonds. The van der Waals surface area contributed by atoms with Crippen molar-refractivity contribution in [1.82, 2.24) is 9.97 Å². The van der Waals surface area contributed by atoms with Gasteiger partial charge in [-0.05, 0) is 60.2 Å². The Morgan fingerprint density at radius 2 is 1.73 bits per heavy atom. The Bertz CT molecular complexity index is 1160. The van der Waals surface area contributed by atoms with Crippen molar-refractivity contribution in [3.63, 3.8) is 0 Å². The minimum atomic E-state index is -0.785. The largest absolute Gasteiger partial charge is 0.397 e. The topological polar surface area (TPSA) is 141 Å². The molecule has 0 bridgehead atoms. The maximum absolute atomic E-state index is 14.2. The molecule has 2 unspecified atom stereocenters. The third-order valence-electron chi connectivity index (χ3n) is 6.13. The molecule has 1 fully saturated rings. The summed E-state index contributed by atoms with van der Waals surface area (Å²) in [5.41, 5.74) is 19.3. The molecule has 1 aliphatic rings. The van der Waals surface area contributed by atoms with Gasteiger partial charge in [0.1, 0.15) is 17.3 Å². The van der Waals surface area contributed by atoms with Crippen molar-refractivity contribution in [3.05, 3.63) is 77.2 Å². The van der Waals surface area contributed by atoms with Gasteiger partial charge in [-0.15, -0.1) is 0 Å². The number of benzene rings is 1. The molecule has 7 N–H and O–H groups in total. The maximum atomic E-state index is 14.2. The number of aliphatic hydroxyl groups excluding tert-OH is 1. The fourth-order valence-electron chi connectivity index (χ4n) is 4.42. The number of pyridine rings is 2. The van der Waals surface area contributed by atoms with Crippen LogP contribution >= 0.6 is 0 Å². The van der Waals surface area contributed by atoms with E-state index in [1.54, 1.807) is 12.4 Å². The summed E-state index contributed by atoms with van der Waals surface area (Å²) in [7, 11) is 0. The minimum Gasteiger partial charge on any atom is -0.397 e. The number of Topliss-reactive ketones (excluding diaryl/α,β-unsaturated/α-hetero) is 1. The van der Waals surface area contributed by atoms with Gasteiger partial charge in [0.2, 0.25) is 0 Å². The number of carbonyl (C=O) groups is 1. The minimum absolute atomic E-state index is 0.0206. The van der Waals surface area contributed by atoms with E-state index in [1.807, 2.05) is 6.07 Å². The standard InChI is InChI=1S/C24H25F2N5O2/c25-15-2-1-3-16(26)22(15)20-5-4-17(27)23(31-20)21(32)10-13-11-30-7-6-14(13)12-8-18(28)24(33)19(29)9-12/h1-7,11-12,18-19,24,33H,8-10,27-29H2/t12?,18-,19+,24?. The molecule has 0 aliphatic heterocycles. The lowest BCUT2D eigenvalue weighted by atomic mass is 9.76. The van der Waals surface area contributed by atoms with Crippen molar-refractivity contribution < 1.29 is 18.7 Å². The van der Waals surface area contributed by atoms with Gasteiger partial charge in [-0.25, -0.2) is 13.8 Å². The maximum Gasteiger partial charge on any atom is 0.187 e. The molecular formula is C24H25F2N5O2. The second kappa shape index (κ2) is 9.30. The van der Waals surface area contributed by atoms with Gasteiger partial charge in [0, 0.05) is 30.9 Å². The van der Waals surface area contributed by atoms with Crippen LogP contribution in [0.4, 0.5) is 14.5 Å². The summed E-state index contributed by atoms with van der Waals surface area (Å²) >= 11 is 0. The second-order valence-electron chi connectivity index (χ2n) is 8.39. The lowest BCUT2D eigenvalue weighted by Crippen LogP contribution is -2.52. The molecular weight excluding hydrogens is 428 g/mol. The highest BCUT2D eigenvalue weighted by Gasteiger charge is 2.34. The van der Waals surface area contributed by atoms with Gasteiger partial charge in [-0.1, -0.05) is 6.07 Å². The summed E-state index contributed by atoms with van der Waals surface area (Å²) in [5.74, 6) is -2.03. The Morgan fingerprint density at radius 1 is 1.06 bits per heavy atom. The van der Waals surface area contributed by atoms with Gasteiger partial charge in [0.15, 0.2) is 5.78 Å². The molecule has 0 radical (unpaired) electrons. The Labute approximate surface area is 189 Å². The highest BCUT2D eigenvalue weighted by Crippen LogP contribution is 2.34. The molecule has 9 heteroatoms. The van der Waals surface area contributed by atoms with Crippen LogP contribution < -0.4 is 17.2 Å². The molecule has 0 saturated heterocycles. The lowest BCUT2D eigenvalue weighted by molar-refractivity contribution is 0.0798. The Hall–Kier alpha value is -3.27. The molecule has 33 heavy (non-hydrogen) atoms. The van der Waals surface area contributed by atoms with Gasteiger partial charge < -0.3 is 22.3 Å². The van der Waals surface area contributed by atoms with E-state index in [9.17, 15) is 18.7 Å². The normalized spacial score (nSPS) is 22.8. The fourth-order valence-corrected chi connectivity index (χ4v) is 4.42. The van der Waals surface area contributed by atoms with E-state index >= 15 is 0 Å². The number of ketones is 1. The monoisotopic (exact) mass is 453 g/mol. The van der Waals surface area contributed by atoms with Crippen LogP contribution in [0.3, 0.4) is 0 Å². The summed E-state index contributed by atoms with van der Waals surface area (Å²) in [6.45, 7) is 0. The lowest BCUT2D eigenvalue weighted by Gasteiger charge is -2.36. The van der Waals surface area contributed by atoms with Gasteiger partial charge >= 0.3 is 0 Å². The molecule has 0 spiro atoms. The van der Waals surface area contributed by atoms with E-state index in [-0.39, 0.29) is 35.0 Å². The summed E-state index contributed by atoms with van der Waals surface area (Å²) in [6.07, 6.45) is 3.41. The van der Waals surface area contributed by atoms with Crippen molar-refractivity contribution in [1.29, 1.82) is 0 Å². The first-order valence-electron chi connectivity index (χ1n) is 10.6. The van der Waals surface area contributed by atoms with E-state index in [0.29, 0.717) is 18.4 Å². The third kappa shape index (κ3) is 4.61. The van der Waals surface area contributed by atoms with Crippen molar-refractivity contribution in [3.8, 4) is 11.3 Å². The van der Waals surface area contributed by atoms with E-state index in [1.165, 1.54) is 18.2 Å². The van der Waals surface area contributed by atoms with Crippen LogP contribution in [0.5, 0.6) is 0 Å². The summed E-state index contributed by atoms with van der Waals surface area (Å²) in [4.78, 5) is 21.5. The zero-order valence-corrected chi connectivity index (χ0v) is 17.8. The summed E-state index contributed by atoms with van der Waals surface area (Å²) < 4.78 is 28.4. The second-order valence-corrected chi connectivity index (χ2v) is 8.39. The van der Waals surface area contributed by atoms with Crippen LogP contribution in [0.15, 0.2) is 48.8 Å². The molecule has 4 rings (SSSR count). The van der Waals surface area contributed by atoms with Crippen LogP contribution in [0.2, 0.25) is 0 Å². The molecule has 1 aromatic carbocycles. The molecule has 3 aromatic rings. The van der Waals surface area contributed by atoms with Crippen LogP contribution in [-0.2, 0) is 6.42 Å². The van der Waals surface area contributed by atoms with E-state index in [2.05, 4.69) is 9.97 Å². The van der Waals surface area contributed by atoms with Gasteiger partial charge in [0.05, 0.1) is 23.0 Å². The highest BCUT2D eigenvalue weighted by molar-refractivity contribution is 6.00. The number of hydrogen-bond acceptors (Lipinski definition) is 7. The van der Waals surface area contributed by atoms with Crippen molar-refractivity contribution in [2.75, 3.05) is 5.73 Å². The first-order chi connectivity index (χ1) is 15.8. The first kappa shape index (κ1) is 22.9. The van der Waals surface area contributed by atoms with E-state index in [4.69, 9.17) is 17.2 Å². The number of hydrogen-bond donors (Lipinski definition) is 4. The molecule has 1 saturated carbocycles. The average molecular weight is 453 g/mol. The highest BCUT2D eigenvalue weighted by atomic mass is 19.1. The molecule has 2 heterocycles. The predicted octanol–water partition coefficient (Wildman–Crippen LogP) is 2.32. The SMILES string of the molecule is Nc1ccc(-c2c(F)cccc2F)nc1C(=O)Cc1cnccc1C1C[C@@H](N)C(O)[C@@H](N)C1. The van der Waals surface area contributed by atoms with Crippen LogP contribution in [0.1, 0.15) is 40.4 Å². The average Bonchev–Trinajstić information content (AvgIpc) is 2.78. The molecule has 2 aromatic heterocycles. The number of aliphatic hydroxyl groups is 1. The number of carbonyl (C=O) groups excluding carboxylic acids is 1. The first-order valence-corrected chi connectivity index (χ1v) is 10.6. The number of nitrogen functional groups attached to an aromatic ring is 1. The molecule has 172 valence electrons. The predicted molar refractivity (Wildman–Crippen MR) is 120 cm³/mol.